The van der Waals surface area contributed by atoms with E-state index in [1.165, 1.54) is 13.0 Å². The van der Waals surface area contributed by atoms with Gasteiger partial charge in [-0.2, -0.15) is 0 Å². The summed E-state index contributed by atoms with van der Waals surface area (Å²) in [4.78, 5) is 16.8. The summed E-state index contributed by atoms with van der Waals surface area (Å²) in [6.45, 7) is 11.8. The second kappa shape index (κ2) is 5.30. The highest BCUT2D eigenvalue weighted by Gasteiger charge is 2.58. The van der Waals surface area contributed by atoms with Gasteiger partial charge in [-0.15, -0.1) is 0 Å². The van der Waals surface area contributed by atoms with Crippen LogP contribution >= 0.6 is 0 Å². The molecule has 1 unspecified atom stereocenters. The standard InChI is InChI=1S/C16H28N2O2/c1-4-18-11-14(20-16(6-7-16)15(18)19)13-9-17(10-13)8-5-12(2)3/h12-14H,4-11H2,1-3H3. The Labute approximate surface area is 122 Å². The van der Waals surface area contributed by atoms with Crippen LogP contribution in [0.4, 0.5) is 0 Å². The third kappa shape index (κ3) is 2.60. The molecule has 3 fully saturated rings. The molecular weight excluding hydrogens is 252 g/mol. The van der Waals surface area contributed by atoms with E-state index in [1.54, 1.807) is 0 Å². The zero-order valence-corrected chi connectivity index (χ0v) is 13.1. The Kier molecular flexibility index (Phi) is 3.80. The highest BCUT2D eigenvalue weighted by molar-refractivity contribution is 5.88. The van der Waals surface area contributed by atoms with Crippen molar-refractivity contribution in [2.24, 2.45) is 11.8 Å². The number of hydrogen-bond acceptors (Lipinski definition) is 3. The molecule has 1 spiro atoms. The van der Waals surface area contributed by atoms with Gasteiger partial charge in [-0.1, -0.05) is 13.8 Å². The summed E-state index contributed by atoms with van der Waals surface area (Å²) in [6.07, 6.45) is 3.41. The molecule has 0 aromatic rings. The summed E-state index contributed by atoms with van der Waals surface area (Å²) in [7, 11) is 0. The summed E-state index contributed by atoms with van der Waals surface area (Å²) in [6, 6.07) is 0. The molecule has 4 nitrogen and oxygen atoms in total. The van der Waals surface area contributed by atoms with Crippen LogP contribution in [0.15, 0.2) is 0 Å². The summed E-state index contributed by atoms with van der Waals surface area (Å²) >= 11 is 0. The van der Waals surface area contributed by atoms with Crippen molar-refractivity contribution in [2.75, 3.05) is 32.7 Å². The van der Waals surface area contributed by atoms with Crippen LogP contribution in [0.25, 0.3) is 0 Å². The normalized spacial score (nSPS) is 30.1. The lowest BCUT2D eigenvalue weighted by molar-refractivity contribution is -0.179. The van der Waals surface area contributed by atoms with Gasteiger partial charge in [0.15, 0.2) is 0 Å². The smallest absolute Gasteiger partial charge is 0.254 e. The quantitative estimate of drug-likeness (QED) is 0.769. The van der Waals surface area contributed by atoms with Gasteiger partial charge in [-0.3, -0.25) is 4.79 Å². The van der Waals surface area contributed by atoms with Gasteiger partial charge in [-0.25, -0.2) is 0 Å². The highest BCUT2D eigenvalue weighted by atomic mass is 16.5. The lowest BCUT2D eigenvalue weighted by Crippen LogP contribution is -2.61. The summed E-state index contributed by atoms with van der Waals surface area (Å²) < 4.78 is 6.19. The number of rotatable bonds is 5. The van der Waals surface area contributed by atoms with Gasteiger partial charge in [0.2, 0.25) is 0 Å². The molecule has 114 valence electrons. The molecule has 0 aromatic heterocycles. The van der Waals surface area contributed by atoms with Crippen molar-refractivity contribution in [2.45, 2.75) is 51.7 Å². The van der Waals surface area contributed by atoms with Gasteiger partial charge < -0.3 is 14.5 Å². The predicted molar refractivity (Wildman–Crippen MR) is 78.5 cm³/mol. The van der Waals surface area contributed by atoms with E-state index in [0.29, 0.717) is 5.92 Å². The third-order valence-electron chi connectivity index (χ3n) is 5.07. The van der Waals surface area contributed by atoms with Crippen molar-refractivity contribution in [1.29, 1.82) is 0 Å². The number of nitrogens with zero attached hydrogens (tertiary/aromatic N) is 2. The van der Waals surface area contributed by atoms with Gasteiger partial charge >= 0.3 is 0 Å². The molecule has 20 heavy (non-hydrogen) atoms. The SMILES string of the molecule is CCN1CC(C2CN(CCC(C)C)C2)OC2(CC2)C1=O. The van der Waals surface area contributed by atoms with Crippen LogP contribution in [-0.4, -0.2) is 60.1 Å². The molecule has 2 saturated heterocycles. The molecule has 1 saturated carbocycles. The van der Waals surface area contributed by atoms with Crippen LogP contribution < -0.4 is 0 Å². The zero-order valence-electron chi connectivity index (χ0n) is 13.1. The minimum Gasteiger partial charge on any atom is -0.360 e. The van der Waals surface area contributed by atoms with E-state index >= 15 is 0 Å². The first-order chi connectivity index (χ1) is 9.54. The summed E-state index contributed by atoms with van der Waals surface area (Å²) in [5.41, 5.74) is -0.405. The number of ether oxygens (including phenoxy) is 1. The molecule has 3 aliphatic rings. The summed E-state index contributed by atoms with van der Waals surface area (Å²) in [5.74, 6) is 1.65. The van der Waals surface area contributed by atoms with Gasteiger partial charge in [0.1, 0.15) is 5.60 Å². The summed E-state index contributed by atoms with van der Waals surface area (Å²) in [5, 5.41) is 0. The Morgan fingerprint density at radius 3 is 2.55 bits per heavy atom. The van der Waals surface area contributed by atoms with Crippen LogP contribution in [0.2, 0.25) is 0 Å². The van der Waals surface area contributed by atoms with E-state index in [9.17, 15) is 4.79 Å². The molecule has 0 N–H and O–H groups in total. The maximum atomic E-state index is 12.2. The Morgan fingerprint density at radius 1 is 1.30 bits per heavy atom. The fourth-order valence-corrected chi connectivity index (χ4v) is 3.40. The minimum atomic E-state index is -0.405. The first-order valence-corrected chi connectivity index (χ1v) is 8.23. The molecule has 4 heteroatoms. The van der Waals surface area contributed by atoms with E-state index < -0.39 is 5.60 Å². The van der Waals surface area contributed by atoms with Crippen molar-refractivity contribution in [3.63, 3.8) is 0 Å². The largest absolute Gasteiger partial charge is 0.360 e. The third-order valence-corrected chi connectivity index (χ3v) is 5.07. The second-order valence-corrected chi connectivity index (χ2v) is 7.20. The average Bonchev–Trinajstić information content (AvgIpc) is 3.11. The van der Waals surface area contributed by atoms with Gasteiger partial charge in [0.25, 0.3) is 5.91 Å². The molecule has 2 heterocycles. The van der Waals surface area contributed by atoms with Crippen LogP contribution in [0, 0.1) is 11.8 Å². The van der Waals surface area contributed by atoms with Crippen LogP contribution in [0.3, 0.4) is 0 Å². The number of morpholine rings is 1. The molecule has 0 aromatic carbocycles. The maximum absolute atomic E-state index is 12.2. The lowest BCUT2D eigenvalue weighted by atomic mass is 9.91. The molecule has 0 bridgehead atoms. The van der Waals surface area contributed by atoms with Crippen molar-refractivity contribution < 1.29 is 9.53 Å². The van der Waals surface area contributed by atoms with Gasteiger partial charge in [0.05, 0.1) is 6.10 Å². The van der Waals surface area contributed by atoms with E-state index in [4.69, 9.17) is 4.74 Å². The maximum Gasteiger partial charge on any atom is 0.254 e. The highest BCUT2D eigenvalue weighted by Crippen LogP contribution is 2.46. The van der Waals surface area contributed by atoms with Crippen LogP contribution in [0.5, 0.6) is 0 Å². The number of hydrogen-bond donors (Lipinski definition) is 0. The van der Waals surface area contributed by atoms with Crippen molar-refractivity contribution >= 4 is 5.91 Å². The Morgan fingerprint density at radius 2 is 2.00 bits per heavy atom. The molecule has 3 rings (SSSR count). The van der Waals surface area contributed by atoms with E-state index in [2.05, 4.69) is 25.7 Å². The first-order valence-electron chi connectivity index (χ1n) is 8.23. The van der Waals surface area contributed by atoms with Crippen molar-refractivity contribution in [3.8, 4) is 0 Å². The van der Waals surface area contributed by atoms with Crippen molar-refractivity contribution in [1.82, 2.24) is 9.80 Å². The topological polar surface area (TPSA) is 32.8 Å². The van der Waals surface area contributed by atoms with Gasteiger partial charge in [-0.05, 0) is 38.6 Å². The van der Waals surface area contributed by atoms with Crippen LogP contribution in [-0.2, 0) is 9.53 Å². The average molecular weight is 280 g/mol. The number of carbonyl (C=O) groups excluding carboxylic acids is 1. The number of likely N-dealkylation sites (tertiary alicyclic amines) is 1. The van der Waals surface area contributed by atoms with Crippen LogP contribution in [0.1, 0.15) is 40.0 Å². The number of amides is 1. The van der Waals surface area contributed by atoms with E-state index in [-0.39, 0.29) is 12.0 Å². The molecule has 2 aliphatic heterocycles. The Bertz CT molecular complexity index is 373. The zero-order chi connectivity index (χ0) is 14.3. The number of likely N-dealkylation sites (N-methyl/N-ethyl adjacent to an activating group) is 1. The fourth-order valence-electron chi connectivity index (χ4n) is 3.40. The number of carbonyl (C=O) groups is 1. The second-order valence-electron chi connectivity index (χ2n) is 7.20. The molecule has 1 amide bonds. The molecule has 1 aliphatic carbocycles. The molecule has 1 atom stereocenters. The van der Waals surface area contributed by atoms with E-state index in [1.807, 2.05) is 4.90 Å². The van der Waals surface area contributed by atoms with Crippen molar-refractivity contribution in [3.05, 3.63) is 0 Å². The molecule has 0 radical (unpaired) electrons. The molecular formula is C16H28N2O2. The Hall–Kier alpha value is -0.610. The first kappa shape index (κ1) is 14.3. The van der Waals surface area contributed by atoms with Gasteiger partial charge in [0, 0.05) is 32.1 Å². The minimum absolute atomic E-state index is 0.243. The monoisotopic (exact) mass is 280 g/mol. The Balaban J connectivity index is 1.51. The predicted octanol–water partition coefficient (Wildman–Crippen LogP) is 1.74. The lowest BCUT2D eigenvalue weighted by Gasteiger charge is -2.48. The van der Waals surface area contributed by atoms with E-state index in [0.717, 1.165) is 44.9 Å². The fraction of sp³-hybridized carbons (Fsp3) is 0.938.